The molecule has 0 fully saturated rings. The Bertz CT molecular complexity index is 659. The first-order valence-electron chi connectivity index (χ1n) is 7.37. The van der Waals surface area contributed by atoms with Gasteiger partial charge in [0.2, 0.25) is 0 Å². The van der Waals surface area contributed by atoms with Crippen molar-refractivity contribution < 1.29 is 9.90 Å². The number of aromatic carboxylic acids is 1. The van der Waals surface area contributed by atoms with E-state index in [1.165, 1.54) is 5.69 Å². The lowest BCUT2D eigenvalue weighted by Crippen LogP contribution is -2.21. The predicted molar refractivity (Wildman–Crippen MR) is 90.7 cm³/mol. The molecule has 0 radical (unpaired) electrons. The molecule has 0 saturated carbocycles. The topological polar surface area (TPSA) is 52.9 Å². The van der Waals surface area contributed by atoms with Crippen LogP contribution in [0.2, 0.25) is 0 Å². The van der Waals surface area contributed by atoms with Gasteiger partial charge in [-0.05, 0) is 43.7 Å². The van der Waals surface area contributed by atoms with E-state index < -0.39 is 5.97 Å². The molecule has 2 rings (SSSR count). The van der Waals surface area contributed by atoms with E-state index in [4.69, 9.17) is 5.11 Å². The molecule has 0 spiro atoms. The van der Waals surface area contributed by atoms with Crippen molar-refractivity contribution in [3.63, 3.8) is 0 Å². The first-order chi connectivity index (χ1) is 10.7. The molecule has 0 aromatic heterocycles. The van der Waals surface area contributed by atoms with Crippen molar-refractivity contribution in [2.75, 3.05) is 18.0 Å². The van der Waals surface area contributed by atoms with E-state index in [2.05, 4.69) is 35.9 Å². The van der Waals surface area contributed by atoms with Crippen LogP contribution in [-0.2, 0) is 0 Å². The molecular weight excluding hydrogens is 276 g/mol. The van der Waals surface area contributed by atoms with Gasteiger partial charge in [-0.25, -0.2) is 4.79 Å². The van der Waals surface area contributed by atoms with Crippen LogP contribution in [0.25, 0.3) is 0 Å². The van der Waals surface area contributed by atoms with Gasteiger partial charge in [0, 0.05) is 25.0 Å². The second-order valence-electron chi connectivity index (χ2n) is 4.84. The highest BCUT2D eigenvalue weighted by molar-refractivity contribution is 5.95. The molecular formula is C18H20N2O2. The van der Waals surface area contributed by atoms with Gasteiger partial charge in [0.15, 0.2) is 0 Å². The Morgan fingerprint density at radius 3 is 2.32 bits per heavy atom. The minimum atomic E-state index is -0.968. The number of aliphatic imine (C=N–C) groups is 1. The average Bonchev–Trinajstić information content (AvgIpc) is 2.55. The number of hydrogen-bond donors (Lipinski definition) is 1. The molecule has 0 aliphatic carbocycles. The second-order valence-corrected chi connectivity index (χ2v) is 4.84. The normalized spacial score (nSPS) is 10.8. The lowest BCUT2D eigenvalue weighted by atomic mass is 10.1. The molecule has 114 valence electrons. The van der Waals surface area contributed by atoms with E-state index in [-0.39, 0.29) is 5.56 Å². The molecule has 0 amide bonds. The molecule has 0 bridgehead atoms. The van der Waals surface area contributed by atoms with Crippen molar-refractivity contribution in [1.29, 1.82) is 0 Å². The summed E-state index contributed by atoms with van der Waals surface area (Å²) in [4.78, 5) is 17.7. The quantitative estimate of drug-likeness (QED) is 0.820. The van der Waals surface area contributed by atoms with Crippen LogP contribution >= 0.6 is 0 Å². The fourth-order valence-corrected chi connectivity index (χ4v) is 2.27. The van der Waals surface area contributed by atoms with Crippen molar-refractivity contribution >= 4 is 23.6 Å². The Kier molecular flexibility index (Phi) is 5.31. The molecule has 4 heteroatoms. The lowest BCUT2D eigenvalue weighted by Gasteiger charge is -2.20. The maximum atomic E-state index is 11.1. The molecule has 0 saturated heterocycles. The molecule has 2 aromatic rings. The van der Waals surface area contributed by atoms with Crippen LogP contribution in [0.1, 0.15) is 29.8 Å². The molecule has 0 unspecified atom stereocenters. The number of para-hydroxylation sites is 1. The summed E-state index contributed by atoms with van der Waals surface area (Å²) in [5, 5.41) is 9.14. The van der Waals surface area contributed by atoms with Crippen molar-refractivity contribution in [3.05, 3.63) is 59.7 Å². The predicted octanol–water partition coefficient (Wildman–Crippen LogP) is 3.98. The summed E-state index contributed by atoms with van der Waals surface area (Å²) in [6.45, 7) is 6.19. The zero-order valence-electron chi connectivity index (χ0n) is 12.9. The highest BCUT2D eigenvalue weighted by Gasteiger charge is 2.07. The van der Waals surface area contributed by atoms with Crippen molar-refractivity contribution in [2.45, 2.75) is 13.8 Å². The van der Waals surface area contributed by atoms with Crippen LogP contribution in [0, 0.1) is 0 Å². The molecule has 2 aromatic carbocycles. The highest BCUT2D eigenvalue weighted by atomic mass is 16.4. The number of hydrogen-bond acceptors (Lipinski definition) is 3. The third-order valence-electron chi connectivity index (χ3n) is 3.51. The molecule has 0 aliphatic rings. The van der Waals surface area contributed by atoms with E-state index in [9.17, 15) is 4.79 Å². The maximum Gasteiger partial charge on any atom is 0.337 e. The standard InChI is InChI=1S/C18H20N2O2/c1-3-20(4-2)15-11-9-14(10-12-15)13-19-17-8-6-5-7-16(17)18(21)22/h5-13H,3-4H2,1-2H3,(H,21,22). The number of benzene rings is 2. The monoisotopic (exact) mass is 296 g/mol. The number of carboxylic acid groups (broad SMARTS) is 1. The highest BCUT2D eigenvalue weighted by Crippen LogP contribution is 2.19. The van der Waals surface area contributed by atoms with E-state index >= 15 is 0 Å². The van der Waals surface area contributed by atoms with Crippen molar-refractivity contribution in [3.8, 4) is 0 Å². The van der Waals surface area contributed by atoms with Gasteiger partial charge in [-0.2, -0.15) is 0 Å². The summed E-state index contributed by atoms with van der Waals surface area (Å²) in [6, 6.07) is 14.8. The average molecular weight is 296 g/mol. The number of rotatable bonds is 6. The Balaban J connectivity index is 2.19. The molecule has 22 heavy (non-hydrogen) atoms. The first-order valence-corrected chi connectivity index (χ1v) is 7.37. The number of carbonyl (C=O) groups is 1. The van der Waals surface area contributed by atoms with E-state index in [1.807, 2.05) is 12.1 Å². The van der Waals surface area contributed by atoms with Crippen LogP contribution in [0.15, 0.2) is 53.5 Å². The zero-order valence-corrected chi connectivity index (χ0v) is 12.9. The SMILES string of the molecule is CCN(CC)c1ccc(C=Nc2ccccc2C(=O)O)cc1. The minimum absolute atomic E-state index is 0.207. The molecule has 0 heterocycles. The summed E-state index contributed by atoms with van der Waals surface area (Å²) >= 11 is 0. The Hall–Kier alpha value is -2.62. The van der Waals surface area contributed by atoms with Gasteiger partial charge in [0.1, 0.15) is 0 Å². The zero-order chi connectivity index (χ0) is 15.9. The van der Waals surface area contributed by atoms with Crippen LogP contribution in [0.5, 0.6) is 0 Å². The fraction of sp³-hybridized carbons (Fsp3) is 0.222. The Morgan fingerprint density at radius 1 is 1.09 bits per heavy atom. The van der Waals surface area contributed by atoms with Crippen LogP contribution in [0.4, 0.5) is 11.4 Å². The van der Waals surface area contributed by atoms with Crippen molar-refractivity contribution in [2.24, 2.45) is 4.99 Å². The number of carboxylic acids is 1. The van der Waals surface area contributed by atoms with Gasteiger partial charge >= 0.3 is 5.97 Å². The van der Waals surface area contributed by atoms with E-state index in [1.54, 1.807) is 30.5 Å². The molecule has 1 N–H and O–H groups in total. The van der Waals surface area contributed by atoms with Gasteiger partial charge in [-0.1, -0.05) is 24.3 Å². The first kappa shape index (κ1) is 15.8. The van der Waals surface area contributed by atoms with Crippen molar-refractivity contribution in [1.82, 2.24) is 0 Å². The van der Waals surface area contributed by atoms with E-state index in [0.717, 1.165) is 18.7 Å². The van der Waals surface area contributed by atoms with Gasteiger partial charge < -0.3 is 10.0 Å². The molecule has 0 aliphatic heterocycles. The minimum Gasteiger partial charge on any atom is -0.478 e. The van der Waals surface area contributed by atoms with Gasteiger partial charge in [0.25, 0.3) is 0 Å². The van der Waals surface area contributed by atoms with E-state index in [0.29, 0.717) is 5.69 Å². The summed E-state index contributed by atoms with van der Waals surface area (Å²) in [7, 11) is 0. The van der Waals surface area contributed by atoms with Gasteiger partial charge in [0.05, 0.1) is 11.3 Å². The van der Waals surface area contributed by atoms with Gasteiger partial charge in [-0.3, -0.25) is 4.99 Å². The van der Waals surface area contributed by atoms with Crippen LogP contribution in [-0.4, -0.2) is 30.4 Å². The summed E-state index contributed by atoms with van der Waals surface area (Å²) in [5.74, 6) is -0.968. The fourth-order valence-electron chi connectivity index (χ4n) is 2.27. The summed E-state index contributed by atoms with van der Waals surface area (Å²) < 4.78 is 0. The third kappa shape index (κ3) is 3.73. The van der Waals surface area contributed by atoms with Gasteiger partial charge in [-0.15, -0.1) is 0 Å². The third-order valence-corrected chi connectivity index (χ3v) is 3.51. The Labute approximate surface area is 130 Å². The molecule has 0 atom stereocenters. The van der Waals surface area contributed by atoms with Crippen LogP contribution in [0.3, 0.4) is 0 Å². The summed E-state index contributed by atoms with van der Waals surface area (Å²) in [5.41, 5.74) is 2.78. The summed E-state index contributed by atoms with van der Waals surface area (Å²) in [6.07, 6.45) is 1.69. The molecule has 4 nitrogen and oxygen atoms in total. The lowest BCUT2D eigenvalue weighted by molar-refractivity contribution is 0.0698. The maximum absolute atomic E-state index is 11.1. The smallest absolute Gasteiger partial charge is 0.337 e. The van der Waals surface area contributed by atoms with Crippen LogP contribution < -0.4 is 4.90 Å². The number of anilines is 1. The largest absolute Gasteiger partial charge is 0.478 e. The Morgan fingerprint density at radius 2 is 1.73 bits per heavy atom. The second kappa shape index (κ2) is 7.41. The number of nitrogens with zero attached hydrogens (tertiary/aromatic N) is 2.